The second-order valence-corrected chi connectivity index (χ2v) is 10.0. The van der Waals surface area contributed by atoms with E-state index in [0.29, 0.717) is 46.0 Å². The minimum absolute atomic E-state index is 0.0984. The molecule has 0 aromatic heterocycles. The Morgan fingerprint density at radius 3 is 2.50 bits per heavy atom. The quantitative estimate of drug-likeness (QED) is 0.421. The van der Waals surface area contributed by atoms with Crippen LogP contribution in [0.1, 0.15) is 44.4 Å². The molecule has 9 heteroatoms. The van der Waals surface area contributed by atoms with E-state index >= 15 is 0 Å². The SMILES string of the molecule is CCOC(=O)C1=C(c2ccccc2)N=C2SC=C(CC(=O)NCC(C)C)N2C1c1cccc(OC)c1OC. The molecule has 0 saturated carbocycles. The molecular weight excluding hydrogens is 502 g/mol. The topological polar surface area (TPSA) is 89.5 Å². The monoisotopic (exact) mass is 535 g/mol. The zero-order valence-electron chi connectivity index (χ0n) is 22.3. The predicted octanol–water partition coefficient (Wildman–Crippen LogP) is 5.14. The first kappa shape index (κ1) is 27.3. The molecule has 200 valence electrons. The molecule has 0 radical (unpaired) electrons. The van der Waals surface area contributed by atoms with Crippen molar-refractivity contribution < 1.29 is 23.8 Å². The summed E-state index contributed by atoms with van der Waals surface area (Å²) in [5.74, 6) is 0.781. The summed E-state index contributed by atoms with van der Waals surface area (Å²) in [5, 5.41) is 5.57. The zero-order chi connectivity index (χ0) is 27.2. The lowest BCUT2D eigenvalue weighted by molar-refractivity contribution is -0.139. The fraction of sp³-hybridized carbons (Fsp3) is 0.345. The van der Waals surface area contributed by atoms with Gasteiger partial charge in [0.25, 0.3) is 0 Å². The highest BCUT2D eigenvalue weighted by molar-refractivity contribution is 8.16. The molecule has 2 aromatic carbocycles. The van der Waals surface area contributed by atoms with Gasteiger partial charge in [-0.25, -0.2) is 9.79 Å². The molecule has 0 saturated heterocycles. The number of amidine groups is 1. The summed E-state index contributed by atoms with van der Waals surface area (Å²) in [6, 6.07) is 14.5. The Labute approximate surface area is 227 Å². The molecule has 0 bridgehead atoms. The number of ether oxygens (including phenoxy) is 3. The van der Waals surface area contributed by atoms with E-state index < -0.39 is 12.0 Å². The standard InChI is InChI=1S/C29H33N3O5S/c1-6-37-28(34)24-25(19-11-8-7-9-12-19)31-29-32(20(17-38-29)15-23(33)30-16-18(2)3)26(24)21-13-10-14-22(35-4)27(21)36-5/h7-14,17-18,26H,6,15-16H2,1-5H3,(H,30,33). The Balaban J connectivity index is 1.91. The van der Waals surface area contributed by atoms with E-state index in [2.05, 4.69) is 5.32 Å². The van der Waals surface area contributed by atoms with Crippen LogP contribution in [-0.4, -0.2) is 49.3 Å². The van der Waals surface area contributed by atoms with E-state index in [9.17, 15) is 9.59 Å². The summed E-state index contributed by atoms with van der Waals surface area (Å²) in [6.07, 6.45) is 0.137. The Morgan fingerprint density at radius 2 is 1.84 bits per heavy atom. The molecule has 0 spiro atoms. The van der Waals surface area contributed by atoms with Gasteiger partial charge in [-0.1, -0.05) is 68.1 Å². The van der Waals surface area contributed by atoms with Crippen LogP contribution in [0.3, 0.4) is 0 Å². The number of hydrogen-bond acceptors (Lipinski definition) is 8. The highest BCUT2D eigenvalue weighted by Gasteiger charge is 2.43. The molecule has 38 heavy (non-hydrogen) atoms. The van der Waals surface area contributed by atoms with Gasteiger partial charge in [0, 0.05) is 23.4 Å². The van der Waals surface area contributed by atoms with E-state index in [1.807, 2.05) is 66.6 Å². The van der Waals surface area contributed by atoms with Gasteiger partial charge in [0.2, 0.25) is 5.91 Å². The molecule has 2 aliphatic rings. The maximum absolute atomic E-state index is 13.7. The van der Waals surface area contributed by atoms with E-state index in [4.69, 9.17) is 19.2 Å². The number of methoxy groups -OCH3 is 2. The average Bonchev–Trinajstić information content (AvgIpc) is 3.33. The first-order valence-electron chi connectivity index (χ1n) is 12.6. The van der Waals surface area contributed by atoms with Crippen LogP contribution in [0.15, 0.2) is 70.2 Å². The van der Waals surface area contributed by atoms with Crippen molar-refractivity contribution in [2.75, 3.05) is 27.4 Å². The van der Waals surface area contributed by atoms with Gasteiger partial charge in [0.05, 0.1) is 44.6 Å². The smallest absolute Gasteiger partial charge is 0.338 e. The number of fused-ring (bicyclic) bond motifs is 1. The predicted molar refractivity (Wildman–Crippen MR) is 150 cm³/mol. The molecule has 2 aliphatic heterocycles. The van der Waals surface area contributed by atoms with E-state index in [0.717, 1.165) is 11.3 Å². The maximum atomic E-state index is 13.7. The largest absolute Gasteiger partial charge is 0.493 e. The number of carbonyl (C=O) groups excluding carboxylic acids is 2. The van der Waals surface area contributed by atoms with E-state index in [-0.39, 0.29) is 18.9 Å². The zero-order valence-corrected chi connectivity index (χ0v) is 23.1. The lowest BCUT2D eigenvalue weighted by Gasteiger charge is -2.37. The highest BCUT2D eigenvalue weighted by atomic mass is 32.2. The van der Waals surface area contributed by atoms with Crippen LogP contribution in [0.2, 0.25) is 0 Å². The fourth-order valence-electron chi connectivity index (χ4n) is 4.46. The lowest BCUT2D eigenvalue weighted by Crippen LogP contribution is -2.38. The fourth-order valence-corrected chi connectivity index (χ4v) is 5.37. The minimum atomic E-state index is -0.666. The molecule has 0 aliphatic carbocycles. The van der Waals surface area contributed by atoms with Gasteiger partial charge >= 0.3 is 5.97 Å². The molecular formula is C29H33N3O5S. The summed E-state index contributed by atoms with van der Waals surface area (Å²) in [5.41, 5.74) is 3.12. The van der Waals surface area contributed by atoms with E-state index in [1.165, 1.54) is 11.8 Å². The van der Waals surface area contributed by atoms with Gasteiger partial charge in [-0.3, -0.25) is 4.79 Å². The normalized spacial score (nSPS) is 16.6. The van der Waals surface area contributed by atoms with Crippen LogP contribution in [0.25, 0.3) is 5.70 Å². The van der Waals surface area contributed by atoms with E-state index in [1.54, 1.807) is 27.2 Å². The lowest BCUT2D eigenvalue weighted by atomic mass is 9.90. The number of nitrogens with zero attached hydrogens (tertiary/aromatic N) is 2. The minimum Gasteiger partial charge on any atom is -0.493 e. The van der Waals surface area contributed by atoms with Gasteiger partial charge in [-0.05, 0) is 24.3 Å². The maximum Gasteiger partial charge on any atom is 0.338 e. The number of thioether (sulfide) groups is 1. The number of hydrogen-bond donors (Lipinski definition) is 1. The number of aliphatic imine (C=N–C) groups is 1. The number of esters is 1. The molecule has 2 heterocycles. The van der Waals surface area contributed by atoms with Crippen molar-refractivity contribution in [3.63, 3.8) is 0 Å². The van der Waals surface area contributed by atoms with Crippen LogP contribution in [0, 0.1) is 5.92 Å². The van der Waals surface area contributed by atoms with Gasteiger partial charge in [-0.15, -0.1) is 0 Å². The number of carbonyl (C=O) groups is 2. The van der Waals surface area contributed by atoms with Crippen molar-refractivity contribution in [1.29, 1.82) is 0 Å². The first-order valence-corrected chi connectivity index (χ1v) is 13.4. The molecule has 8 nitrogen and oxygen atoms in total. The van der Waals surface area contributed by atoms with Gasteiger partial charge in [0.1, 0.15) is 0 Å². The highest BCUT2D eigenvalue weighted by Crippen LogP contribution is 2.50. The van der Waals surface area contributed by atoms with Crippen LogP contribution >= 0.6 is 11.8 Å². The Hall–Kier alpha value is -3.72. The van der Waals surface area contributed by atoms with Crippen LogP contribution in [0.4, 0.5) is 0 Å². The second-order valence-electron chi connectivity index (χ2n) is 9.20. The van der Waals surface area contributed by atoms with Crippen molar-refractivity contribution in [1.82, 2.24) is 10.2 Å². The van der Waals surface area contributed by atoms with Gasteiger partial charge in [-0.2, -0.15) is 0 Å². The van der Waals surface area contributed by atoms with Crippen molar-refractivity contribution in [3.8, 4) is 11.5 Å². The Kier molecular flexibility index (Phi) is 8.78. The molecule has 0 fully saturated rings. The number of nitrogens with one attached hydrogen (secondary N) is 1. The van der Waals surface area contributed by atoms with Crippen molar-refractivity contribution in [2.24, 2.45) is 10.9 Å². The second kappa shape index (κ2) is 12.2. The third kappa shape index (κ3) is 5.57. The van der Waals surface area contributed by atoms with Crippen molar-refractivity contribution in [2.45, 2.75) is 33.2 Å². The van der Waals surface area contributed by atoms with Gasteiger partial charge < -0.3 is 24.4 Å². The van der Waals surface area contributed by atoms with Crippen molar-refractivity contribution >= 4 is 34.5 Å². The van der Waals surface area contributed by atoms with Crippen LogP contribution in [-0.2, 0) is 14.3 Å². The molecule has 1 amide bonds. The van der Waals surface area contributed by atoms with Crippen LogP contribution in [0.5, 0.6) is 11.5 Å². The number of amides is 1. The van der Waals surface area contributed by atoms with Gasteiger partial charge in [0.15, 0.2) is 16.7 Å². The summed E-state index contributed by atoms with van der Waals surface area (Å²) >= 11 is 1.42. The summed E-state index contributed by atoms with van der Waals surface area (Å²) in [7, 11) is 3.14. The molecule has 1 atom stereocenters. The van der Waals surface area contributed by atoms with Crippen LogP contribution < -0.4 is 14.8 Å². The summed E-state index contributed by atoms with van der Waals surface area (Å²) < 4.78 is 17.0. The number of para-hydroxylation sites is 1. The number of benzene rings is 2. The number of rotatable bonds is 10. The third-order valence-electron chi connectivity index (χ3n) is 6.13. The molecule has 4 rings (SSSR count). The summed E-state index contributed by atoms with van der Waals surface area (Å²) in [4.78, 5) is 33.4. The molecule has 1 unspecified atom stereocenters. The summed E-state index contributed by atoms with van der Waals surface area (Å²) in [6.45, 7) is 6.66. The molecule has 2 aromatic rings. The Morgan fingerprint density at radius 1 is 1.08 bits per heavy atom. The van der Waals surface area contributed by atoms with Crippen molar-refractivity contribution in [3.05, 3.63) is 76.3 Å². The average molecular weight is 536 g/mol. The Bertz CT molecular complexity index is 1290. The molecule has 1 N–H and O–H groups in total. The first-order chi connectivity index (χ1) is 18.4. The third-order valence-corrected chi connectivity index (χ3v) is 7.02.